The molecule has 0 fully saturated rings. The molecule has 0 atom stereocenters. The summed E-state index contributed by atoms with van der Waals surface area (Å²) in [6.45, 7) is 4.07. The topological polar surface area (TPSA) is 29.1 Å². The molecular formula is C16H16BrNOS2. The van der Waals surface area contributed by atoms with Crippen molar-refractivity contribution in [2.45, 2.75) is 26.0 Å². The van der Waals surface area contributed by atoms with E-state index >= 15 is 0 Å². The summed E-state index contributed by atoms with van der Waals surface area (Å²) < 4.78 is 1.10. The van der Waals surface area contributed by atoms with E-state index in [4.69, 9.17) is 0 Å². The maximum Gasteiger partial charge on any atom is 0.265 e. The molecule has 1 aromatic heterocycles. The smallest absolute Gasteiger partial charge is 0.265 e. The summed E-state index contributed by atoms with van der Waals surface area (Å²) in [7, 11) is 0. The number of thiophene rings is 1. The first-order valence-corrected chi connectivity index (χ1v) is 9.58. The number of hydrogen-bond donors (Lipinski definition) is 1. The zero-order valence-corrected chi connectivity index (χ0v) is 15.2. The van der Waals surface area contributed by atoms with Crippen molar-refractivity contribution in [2.24, 2.45) is 0 Å². The van der Waals surface area contributed by atoms with Crippen LogP contribution in [-0.4, -0.2) is 11.7 Å². The Balaban J connectivity index is 1.81. The standard InChI is InChI=1S/C16H16BrNOS2/c1-9-5-12(6-10(2)15(9)17)18-16(19)14-7-11-8-20-4-3-13(11)21-14/h5-7H,3-4,8H2,1-2H3,(H,18,19). The molecule has 3 rings (SSSR count). The maximum atomic E-state index is 12.4. The van der Waals surface area contributed by atoms with Crippen molar-refractivity contribution in [1.29, 1.82) is 0 Å². The van der Waals surface area contributed by atoms with Gasteiger partial charge in [0.2, 0.25) is 0 Å². The molecule has 1 aliphatic heterocycles. The number of nitrogens with one attached hydrogen (secondary N) is 1. The van der Waals surface area contributed by atoms with E-state index in [1.165, 1.54) is 16.2 Å². The van der Waals surface area contributed by atoms with Gasteiger partial charge in [0.15, 0.2) is 0 Å². The summed E-state index contributed by atoms with van der Waals surface area (Å²) in [5.74, 6) is 2.20. The van der Waals surface area contributed by atoms with Crippen molar-refractivity contribution in [3.05, 3.63) is 49.1 Å². The van der Waals surface area contributed by atoms with Crippen LogP contribution in [0.4, 0.5) is 5.69 Å². The lowest BCUT2D eigenvalue weighted by Crippen LogP contribution is -2.10. The quantitative estimate of drug-likeness (QED) is 0.777. The second-order valence-electron chi connectivity index (χ2n) is 5.24. The minimum atomic E-state index is 0.000484. The summed E-state index contributed by atoms with van der Waals surface area (Å²) in [6, 6.07) is 6.05. The van der Waals surface area contributed by atoms with Crippen molar-refractivity contribution in [3.8, 4) is 0 Å². The number of amides is 1. The van der Waals surface area contributed by atoms with Gasteiger partial charge in [0.25, 0.3) is 5.91 Å². The molecule has 0 aliphatic carbocycles. The molecule has 0 unspecified atom stereocenters. The number of thioether (sulfide) groups is 1. The Bertz CT molecular complexity index is 662. The van der Waals surface area contributed by atoms with Crippen LogP contribution in [0, 0.1) is 13.8 Å². The molecule has 1 amide bonds. The van der Waals surface area contributed by atoms with Gasteiger partial charge in [-0.3, -0.25) is 4.79 Å². The van der Waals surface area contributed by atoms with E-state index in [1.54, 1.807) is 11.3 Å². The van der Waals surface area contributed by atoms with Crippen LogP contribution in [0.25, 0.3) is 0 Å². The highest BCUT2D eigenvalue weighted by Crippen LogP contribution is 2.32. The third-order valence-electron chi connectivity index (χ3n) is 3.55. The molecule has 2 nitrogen and oxygen atoms in total. The highest BCUT2D eigenvalue weighted by Gasteiger charge is 2.17. The molecule has 0 radical (unpaired) electrons. The molecule has 1 N–H and O–H groups in total. The summed E-state index contributed by atoms with van der Waals surface area (Å²) >= 11 is 7.13. The molecule has 2 heterocycles. The van der Waals surface area contributed by atoms with E-state index in [0.29, 0.717) is 0 Å². The first-order chi connectivity index (χ1) is 10.0. The van der Waals surface area contributed by atoms with Gasteiger partial charge in [-0.05, 0) is 60.9 Å². The van der Waals surface area contributed by atoms with Gasteiger partial charge in [-0.2, -0.15) is 11.8 Å². The number of rotatable bonds is 2. The second-order valence-corrected chi connectivity index (χ2v) is 8.27. The van der Waals surface area contributed by atoms with E-state index in [-0.39, 0.29) is 5.91 Å². The first-order valence-electron chi connectivity index (χ1n) is 6.82. The molecule has 0 bridgehead atoms. The monoisotopic (exact) mass is 381 g/mol. The highest BCUT2D eigenvalue weighted by atomic mass is 79.9. The minimum Gasteiger partial charge on any atom is -0.321 e. The Kier molecular flexibility index (Phi) is 4.43. The van der Waals surface area contributed by atoms with Crippen molar-refractivity contribution in [2.75, 3.05) is 11.1 Å². The highest BCUT2D eigenvalue weighted by molar-refractivity contribution is 9.10. The number of fused-ring (bicyclic) bond motifs is 1. The molecule has 1 aliphatic rings. The predicted octanol–water partition coefficient (Wildman–Crippen LogP) is 5.17. The predicted molar refractivity (Wildman–Crippen MR) is 95.8 cm³/mol. The van der Waals surface area contributed by atoms with Crippen LogP contribution < -0.4 is 5.32 Å². The van der Waals surface area contributed by atoms with E-state index in [0.717, 1.165) is 38.3 Å². The number of anilines is 1. The number of carbonyl (C=O) groups is 1. The Hall–Kier alpha value is -0.780. The van der Waals surface area contributed by atoms with Crippen LogP contribution in [0.2, 0.25) is 0 Å². The molecule has 0 spiro atoms. The molecule has 21 heavy (non-hydrogen) atoms. The van der Waals surface area contributed by atoms with E-state index in [9.17, 15) is 4.79 Å². The maximum absolute atomic E-state index is 12.4. The van der Waals surface area contributed by atoms with E-state index in [2.05, 4.69) is 27.3 Å². The lowest BCUT2D eigenvalue weighted by atomic mass is 10.1. The number of carbonyl (C=O) groups excluding carboxylic acids is 1. The van der Waals surface area contributed by atoms with Gasteiger partial charge >= 0.3 is 0 Å². The van der Waals surface area contributed by atoms with Gasteiger partial charge in [-0.1, -0.05) is 15.9 Å². The molecule has 110 valence electrons. The van der Waals surface area contributed by atoms with Crippen LogP contribution >= 0.6 is 39.0 Å². The van der Waals surface area contributed by atoms with Crippen molar-refractivity contribution in [3.63, 3.8) is 0 Å². The number of benzene rings is 1. The van der Waals surface area contributed by atoms with Gasteiger partial charge in [0.1, 0.15) is 0 Å². The Labute approximate surface area is 141 Å². The van der Waals surface area contributed by atoms with Gasteiger partial charge in [-0.15, -0.1) is 11.3 Å². The Morgan fingerprint density at radius 2 is 1.95 bits per heavy atom. The zero-order valence-electron chi connectivity index (χ0n) is 12.0. The second kappa shape index (κ2) is 6.15. The van der Waals surface area contributed by atoms with Crippen LogP contribution in [-0.2, 0) is 12.2 Å². The lowest BCUT2D eigenvalue weighted by Gasteiger charge is -2.09. The Morgan fingerprint density at radius 1 is 1.24 bits per heavy atom. The third kappa shape index (κ3) is 3.20. The molecule has 5 heteroatoms. The number of aryl methyl sites for hydroxylation is 3. The van der Waals surface area contributed by atoms with Gasteiger partial charge in [0.05, 0.1) is 4.88 Å². The zero-order chi connectivity index (χ0) is 15.0. The van der Waals surface area contributed by atoms with Crippen LogP contribution in [0.5, 0.6) is 0 Å². The summed E-state index contributed by atoms with van der Waals surface area (Å²) in [5, 5.41) is 3.02. The number of hydrogen-bond acceptors (Lipinski definition) is 3. The fourth-order valence-corrected chi connectivity index (χ4v) is 4.97. The fraction of sp³-hybridized carbons (Fsp3) is 0.312. The molecule has 2 aromatic rings. The van der Waals surface area contributed by atoms with Gasteiger partial charge < -0.3 is 5.32 Å². The minimum absolute atomic E-state index is 0.000484. The largest absolute Gasteiger partial charge is 0.321 e. The van der Waals surface area contributed by atoms with E-state index in [1.807, 2.05) is 37.7 Å². The average Bonchev–Trinajstić information content (AvgIpc) is 2.88. The van der Waals surface area contributed by atoms with Crippen LogP contribution in [0.15, 0.2) is 22.7 Å². The normalized spacial score (nSPS) is 13.9. The average molecular weight is 382 g/mol. The van der Waals surface area contributed by atoms with Crippen LogP contribution in [0.1, 0.15) is 31.2 Å². The van der Waals surface area contributed by atoms with Crippen molar-refractivity contribution in [1.82, 2.24) is 0 Å². The third-order valence-corrected chi connectivity index (χ3v) is 7.04. The summed E-state index contributed by atoms with van der Waals surface area (Å²) in [5.41, 5.74) is 4.46. The first kappa shape index (κ1) is 15.1. The van der Waals surface area contributed by atoms with Crippen molar-refractivity contribution >= 4 is 50.6 Å². The molecule has 0 saturated carbocycles. The van der Waals surface area contributed by atoms with Crippen molar-refractivity contribution < 1.29 is 4.79 Å². The fourth-order valence-electron chi connectivity index (χ4n) is 2.47. The molecule has 1 aromatic carbocycles. The summed E-state index contributed by atoms with van der Waals surface area (Å²) in [4.78, 5) is 14.6. The molecule has 0 saturated heterocycles. The molecular weight excluding hydrogens is 366 g/mol. The van der Waals surface area contributed by atoms with E-state index < -0.39 is 0 Å². The number of halogens is 1. The van der Waals surface area contributed by atoms with Gasteiger partial charge in [0, 0.05) is 20.8 Å². The lowest BCUT2D eigenvalue weighted by molar-refractivity contribution is 0.103. The van der Waals surface area contributed by atoms with Crippen LogP contribution in [0.3, 0.4) is 0 Å². The van der Waals surface area contributed by atoms with Gasteiger partial charge in [-0.25, -0.2) is 0 Å². The summed E-state index contributed by atoms with van der Waals surface area (Å²) in [6.07, 6.45) is 1.09. The SMILES string of the molecule is Cc1cc(NC(=O)c2cc3c(s2)CCSC3)cc(C)c1Br. The Morgan fingerprint density at radius 3 is 2.62 bits per heavy atom.